The number of hydrogen-bond acceptors (Lipinski definition) is 7. The van der Waals surface area contributed by atoms with Crippen LogP contribution < -0.4 is 16.4 Å². The van der Waals surface area contributed by atoms with E-state index in [9.17, 15) is 18.8 Å². The van der Waals surface area contributed by atoms with Gasteiger partial charge >= 0.3 is 0 Å². The minimum absolute atomic E-state index is 0.0246. The number of carbonyl (C=O) groups is 1. The normalized spacial score (nSPS) is 11.7. The highest BCUT2D eigenvalue weighted by molar-refractivity contribution is 6.00. The molecule has 0 unspecified atom stereocenters. The molecule has 9 nitrogen and oxygen atoms in total. The van der Waals surface area contributed by atoms with E-state index in [4.69, 9.17) is 5.73 Å². The third-order valence-electron chi connectivity index (χ3n) is 6.36. The summed E-state index contributed by atoms with van der Waals surface area (Å²) in [5.74, 6) is -2.79. The molecular weight excluding hydrogens is 521 g/mol. The Morgan fingerprint density at radius 3 is 2.65 bits per heavy atom. The molecular formula is C28H21F3N8O. The summed E-state index contributed by atoms with van der Waals surface area (Å²) in [6.45, 7) is 1.58. The summed E-state index contributed by atoms with van der Waals surface area (Å²) in [6, 6.07) is 10.6. The van der Waals surface area contributed by atoms with Crippen LogP contribution in [0.5, 0.6) is 0 Å². The van der Waals surface area contributed by atoms with E-state index in [-0.39, 0.29) is 29.3 Å². The first kappa shape index (κ1) is 26.2. The van der Waals surface area contributed by atoms with Gasteiger partial charge in [0.1, 0.15) is 35.5 Å². The highest BCUT2D eigenvalue weighted by Gasteiger charge is 2.19. The molecule has 12 heteroatoms. The fraction of sp³-hybridized carbons (Fsp3) is 0.107. The zero-order chi connectivity index (χ0) is 28.4. The van der Waals surface area contributed by atoms with Crippen LogP contribution in [0.4, 0.5) is 24.8 Å². The minimum atomic E-state index is -1.04. The van der Waals surface area contributed by atoms with Gasteiger partial charge in [0.05, 0.1) is 22.6 Å². The largest absolute Gasteiger partial charge is 0.383 e. The van der Waals surface area contributed by atoms with Gasteiger partial charge in [-0.05, 0) is 42.3 Å². The highest BCUT2D eigenvalue weighted by atomic mass is 19.2. The quantitative estimate of drug-likeness (QED) is 0.227. The summed E-state index contributed by atoms with van der Waals surface area (Å²) >= 11 is 0. The average molecular weight is 543 g/mol. The van der Waals surface area contributed by atoms with E-state index in [0.717, 1.165) is 12.1 Å². The number of benzene rings is 2. The number of nitriles is 1. The van der Waals surface area contributed by atoms with Gasteiger partial charge in [-0.1, -0.05) is 18.2 Å². The van der Waals surface area contributed by atoms with Crippen LogP contribution in [0.1, 0.15) is 40.0 Å². The summed E-state index contributed by atoms with van der Waals surface area (Å²) in [4.78, 5) is 28.4. The monoisotopic (exact) mass is 542 g/mol. The lowest BCUT2D eigenvalue weighted by atomic mass is 10.0. The lowest BCUT2D eigenvalue weighted by Crippen LogP contribution is -2.28. The molecule has 0 saturated heterocycles. The summed E-state index contributed by atoms with van der Waals surface area (Å²) in [7, 11) is 0. The van der Waals surface area contributed by atoms with Gasteiger partial charge < -0.3 is 21.4 Å². The molecule has 0 aliphatic rings. The van der Waals surface area contributed by atoms with Crippen LogP contribution in [0, 0.1) is 28.8 Å². The minimum Gasteiger partial charge on any atom is -0.383 e. The molecule has 0 aliphatic carbocycles. The van der Waals surface area contributed by atoms with Crippen LogP contribution >= 0.6 is 0 Å². The Labute approximate surface area is 225 Å². The molecule has 0 radical (unpaired) electrons. The lowest BCUT2D eigenvalue weighted by molar-refractivity contribution is 0.0940. The second-order valence-electron chi connectivity index (χ2n) is 8.95. The molecule has 0 bridgehead atoms. The Bertz CT molecular complexity index is 1800. The van der Waals surface area contributed by atoms with Gasteiger partial charge in [-0.2, -0.15) is 5.26 Å². The van der Waals surface area contributed by atoms with Crippen LogP contribution in [-0.4, -0.2) is 25.8 Å². The van der Waals surface area contributed by atoms with Gasteiger partial charge in [-0.25, -0.2) is 28.1 Å². The van der Waals surface area contributed by atoms with Crippen LogP contribution in [0.25, 0.3) is 22.2 Å². The van der Waals surface area contributed by atoms with E-state index >= 15 is 4.39 Å². The number of nitrogens with two attached hydrogens (primary N) is 1. The van der Waals surface area contributed by atoms with E-state index in [1.807, 2.05) is 6.07 Å². The van der Waals surface area contributed by atoms with Crippen molar-refractivity contribution in [2.24, 2.45) is 0 Å². The summed E-state index contributed by atoms with van der Waals surface area (Å²) in [5.41, 5.74) is 8.53. The van der Waals surface area contributed by atoms with Crippen molar-refractivity contribution >= 4 is 28.6 Å². The number of anilines is 2. The molecule has 0 spiro atoms. The molecule has 1 amide bonds. The number of nitrogens with zero attached hydrogens (tertiary/aromatic N) is 4. The smallest absolute Gasteiger partial charge is 0.255 e. The number of carbonyl (C=O) groups excluding carboxylic acids is 1. The maximum absolute atomic E-state index is 15.1. The van der Waals surface area contributed by atoms with Gasteiger partial charge in [-0.3, -0.25) is 4.79 Å². The van der Waals surface area contributed by atoms with E-state index in [0.29, 0.717) is 33.3 Å². The Morgan fingerprint density at radius 2 is 1.90 bits per heavy atom. The fourth-order valence-electron chi connectivity index (χ4n) is 4.23. The van der Waals surface area contributed by atoms with Crippen LogP contribution in [0.2, 0.25) is 0 Å². The molecule has 40 heavy (non-hydrogen) atoms. The molecule has 0 aliphatic heterocycles. The number of hydrogen-bond donors (Lipinski definition) is 4. The van der Waals surface area contributed by atoms with E-state index in [2.05, 4.69) is 30.6 Å². The molecule has 3 heterocycles. The SMILES string of the molecule is C[C@H](NC(=O)c1cc(C#N)cnc1NCc1ccc(-c2c[nH]c3ncnc(N)c23)cc1F)c1ccc(F)c(F)c1. The van der Waals surface area contributed by atoms with E-state index in [1.165, 1.54) is 30.7 Å². The third-order valence-corrected chi connectivity index (χ3v) is 6.36. The fourth-order valence-corrected chi connectivity index (χ4v) is 4.23. The Balaban J connectivity index is 1.36. The first-order valence-corrected chi connectivity index (χ1v) is 12.0. The predicted octanol–water partition coefficient (Wildman–Crippen LogP) is 4.99. The zero-order valence-corrected chi connectivity index (χ0v) is 21.0. The Hall–Kier alpha value is -5.44. The van der Waals surface area contributed by atoms with Crippen molar-refractivity contribution in [3.05, 3.63) is 101 Å². The molecule has 5 rings (SSSR count). The summed E-state index contributed by atoms with van der Waals surface area (Å²) in [6.07, 6.45) is 4.29. The Morgan fingerprint density at radius 1 is 1.07 bits per heavy atom. The second kappa shape index (κ2) is 10.7. The van der Waals surface area contributed by atoms with E-state index in [1.54, 1.807) is 25.3 Å². The number of aromatic amines is 1. The van der Waals surface area contributed by atoms with Crippen molar-refractivity contribution in [3.63, 3.8) is 0 Å². The molecule has 5 aromatic rings. The number of pyridine rings is 1. The molecule has 3 aromatic heterocycles. The number of nitrogen functional groups attached to an aromatic ring is 1. The Kier molecular flexibility index (Phi) is 7.03. The van der Waals surface area contributed by atoms with Crippen molar-refractivity contribution in [1.82, 2.24) is 25.3 Å². The topological polar surface area (TPSA) is 145 Å². The van der Waals surface area contributed by atoms with Crippen molar-refractivity contribution in [2.45, 2.75) is 19.5 Å². The summed E-state index contributed by atoms with van der Waals surface area (Å²) < 4.78 is 42.1. The number of halogens is 3. The second-order valence-corrected chi connectivity index (χ2v) is 8.95. The number of fused-ring (bicyclic) bond motifs is 1. The molecule has 5 N–H and O–H groups in total. The van der Waals surface area contributed by atoms with Crippen molar-refractivity contribution in [2.75, 3.05) is 11.1 Å². The summed E-state index contributed by atoms with van der Waals surface area (Å²) in [5, 5.41) is 15.5. The number of amides is 1. The van der Waals surface area contributed by atoms with Gasteiger partial charge in [0.15, 0.2) is 11.6 Å². The van der Waals surface area contributed by atoms with E-state index < -0.39 is 29.4 Å². The average Bonchev–Trinajstić information content (AvgIpc) is 3.39. The highest BCUT2D eigenvalue weighted by Crippen LogP contribution is 2.31. The van der Waals surface area contributed by atoms with Crippen LogP contribution in [-0.2, 0) is 6.54 Å². The molecule has 0 fully saturated rings. The van der Waals surface area contributed by atoms with Gasteiger partial charge in [0.25, 0.3) is 5.91 Å². The zero-order valence-electron chi connectivity index (χ0n) is 21.0. The standard InChI is InChI=1S/C28H21F3N8O/c1-14(16-4-5-21(29)23(31)7-16)39-28(40)19-6-15(9-32)10-34-26(19)35-11-18-3-2-17(8-22(18)30)20-12-36-27-24(20)25(33)37-13-38-27/h2-8,10,12-14H,11H2,1H3,(H,34,35)(H,39,40)(H3,33,36,37,38)/t14-/m0/s1. The first-order valence-electron chi connectivity index (χ1n) is 12.0. The lowest BCUT2D eigenvalue weighted by Gasteiger charge is -2.17. The number of H-pyrrole nitrogens is 1. The molecule has 2 aromatic carbocycles. The van der Waals surface area contributed by atoms with Crippen molar-refractivity contribution in [3.8, 4) is 17.2 Å². The number of rotatable bonds is 7. The molecule has 0 saturated carbocycles. The van der Waals surface area contributed by atoms with Gasteiger partial charge in [-0.15, -0.1) is 0 Å². The molecule has 200 valence electrons. The predicted molar refractivity (Wildman–Crippen MR) is 142 cm³/mol. The number of aromatic nitrogens is 4. The maximum atomic E-state index is 15.1. The van der Waals surface area contributed by atoms with Crippen molar-refractivity contribution in [1.29, 1.82) is 5.26 Å². The van der Waals surface area contributed by atoms with Crippen molar-refractivity contribution < 1.29 is 18.0 Å². The maximum Gasteiger partial charge on any atom is 0.255 e. The molecule has 1 atom stereocenters. The first-order chi connectivity index (χ1) is 19.2. The van der Waals surface area contributed by atoms with Gasteiger partial charge in [0.2, 0.25) is 0 Å². The van der Waals surface area contributed by atoms with Crippen LogP contribution in [0.15, 0.2) is 61.2 Å². The van der Waals surface area contributed by atoms with Gasteiger partial charge in [0, 0.05) is 30.1 Å². The third kappa shape index (κ3) is 5.12. The number of nitrogens with one attached hydrogen (secondary N) is 3. The van der Waals surface area contributed by atoms with Crippen LogP contribution in [0.3, 0.4) is 0 Å².